The van der Waals surface area contributed by atoms with E-state index < -0.39 is 0 Å². The van der Waals surface area contributed by atoms with E-state index >= 15 is 0 Å². The third-order valence-corrected chi connectivity index (χ3v) is 4.83. The van der Waals surface area contributed by atoms with Crippen LogP contribution in [-0.4, -0.2) is 37.2 Å². The fraction of sp³-hybridized carbons (Fsp3) is 0.647. The van der Waals surface area contributed by atoms with Gasteiger partial charge in [0.15, 0.2) is 11.5 Å². The number of hydrogen-bond acceptors (Lipinski definition) is 4. The maximum Gasteiger partial charge on any atom is 0.179 e. The van der Waals surface area contributed by atoms with Crippen molar-refractivity contribution in [3.8, 4) is 11.5 Å². The van der Waals surface area contributed by atoms with Crippen LogP contribution in [0.2, 0.25) is 5.02 Å². The van der Waals surface area contributed by atoms with Crippen LogP contribution in [0, 0.1) is 5.92 Å². The van der Waals surface area contributed by atoms with E-state index in [9.17, 15) is 0 Å². The lowest BCUT2D eigenvalue weighted by molar-refractivity contribution is 0.154. The molecule has 1 saturated heterocycles. The Balaban J connectivity index is 0.00000192. The molecule has 2 heterocycles. The summed E-state index contributed by atoms with van der Waals surface area (Å²) < 4.78 is 11.5. The molecular formula is C17H26Cl2N2O2. The molecule has 0 saturated carbocycles. The van der Waals surface area contributed by atoms with Crippen molar-refractivity contribution in [1.29, 1.82) is 0 Å². The number of nitrogens with two attached hydrogens (primary N) is 1. The van der Waals surface area contributed by atoms with Gasteiger partial charge in [0.25, 0.3) is 0 Å². The molecule has 0 aromatic heterocycles. The quantitative estimate of drug-likeness (QED) is 0.896. The number of rotatable bonds is 3. The zero-order valence-electron chi connectivity index (χ0n) is 13.6. The lowest BCUT2D eigenvalue weighted by Gasteiger charge is -2.34. The molecule has 130 valence electrons. The number of hydrogen-bond donors (Lipinski definition) is 1. The predicted octanol–water partition coefficient (Wildman–Crippen LogP) is 3.48. The minimum Gasteiger partial charge on any atom is -0.489 e. The highest BCUT2D eigenvalue weighted by Gasteiger charge is 2.23. The SMILES string of the molecule is CC(N)C1CCCN(Cc2cc(Cl)c3c(c2)OCCCO3)C1.Cl. The highest BCUT2D eigenvalue weighted by Crippen LogP contribution is 2.38. The summed E-state index contributed by atoms with van der Waals surface area (Å²) >= 11 is 6.37. The number of nitrogens with zero attached hydrogens (tertiary/aromatic N) is 1. The van der Waals surface area contributed by atoms with Crippen LogP contribution in [0.3, 0.4) is 0 Å². The van der Waals surface area contributed by atoms with Crippen molar-refractivity contribution in [3.05, 3.63) is 22.7 Å². The highest BCUT2D eigenvalue weighted by molar-refractivity contribution is 6.32. The first-order valence-corrected chi connectivity index (χ1v) is 8.57. The average molecular weight is 361 g/mol. The third-order valence-electron chi connectivity index (χ3n) is 4.55. The number of ether oxygens (including phenoxy) is 2. The molecule has 2 atom stereocenters. The van der Waals surface area contributed by atoms with Crippen LogP contribution in [0.1, 0.15) is 31.7 Å². The van der Waals surface area contributed by atoms with Gasteiger partial charge in [0, 0.05) is 25.6 Å². The first-order valence-electron chi connectivity index (χ1n) is 8.19. The van der Waals surface area contributed by atoms with E-state index in [-0.39, 0.29) is 18.4 Å². The van der Waals surface area contributed by atoms with Gasteiger partial charge in [-0.2, -0.15) is 0 Å². The molecule has 2 N–H and O–H groups in total. The number of likely N-dealkylation sites (tertiary alicyclic amines) is 1. The van der Waals surface area contributed by atoms with Crippen molar-refractivity contribution in [1.82, 2.24) is 4.90 Å². The van der Waals surface area contributed by atoms with Gasteiger partial charge in [-0.1, -0.05) is 11.6 Å². The largest absolute Gasteiger partial charge is 0.489 e. The third kappa shape index (κ3) is 4.66. The molecule has 4 nitrogen and oxygen atoms in total. The van der Waals surface area contributed by atoms with Crippen LogP contribution in [0.25, 0.3) is 0 Å². The zero-order chi connectivity index (χ0) is 15.5. The van der Waals surface area contributed by atoms with E-state index in [1.165, 1.54) is 18.4 Å². The Morgan fingerprint density at radius 3 is 2.87 bits per heavy atom. The van der Waals surface area contributed by atoms with Crippen LogP contribution < -0.4 is 15.2 Å². The zero-order valence-corrected chi connectivity index (χ0v) is 15.2. The maximum atomic E-state index is 6.37. The standard InChI is InChI=1S/C17H25ClN2O2.ClH/c1-12(19)14-4-2-5-20(11-14)10-13-8-15(18)17-16(9-13)21-6-3-7-22-17;/h8-9,12,14H,2-7,10-11,19H2,1H3;1H. The fourth-order valence-electron chi connectivity index (χ4n) is 3.30. The monoisotopic (exact) mass is 360 g/mol. The van der Waals surface area contributed by atoms with Gasteiger partial charge in [0.1, 0.15) is 0 Å². The molecule has 23 heavy (non-hydrogen) atoms. The minimum atomic E-state index is 0. The minimum absolute atomic E-state index is 0. The second kappa shape index (κ2) is 8.43. The summed E-state index contributed by atoms with van der Waals surface area (Å²) in [4.78, 5) is 2.47. The molecular weight excluding hydrogens is 335 g/mol. The Bertz CT molecular complexity index is 526. The average Bonchev–Trinajstić information content (AvgIpc) is 2.73. The van der Waals surface area contributed by atoms with E-state index in [0.717, 1.165) is 31.8 Å². The highest BCUT2D eigenvalue weighted by atomic mass is 35.5. The molecule has 3 rings (SSSR count). The predicted molar refractivity (Wildman–Crippen MR) is 96.0 cm³/mol. The summed E-state index contributed by atoms with van der Waals surface area (Å²) in [6.45, 7) is 6.52. The molecule has 1 aromatic rings. The molecule has 0 bridgehead atoms. The number of halogens is 2. The Hall–Kier alpha value is -0.680. The van der Waals surface area contributed by atoms with Gasteiger partial charge >= 0.3 is 0 Å². The van der Waals surface area contributed by atoms with Crippen LogP contribution in [0.4, 0.5) is 0 Å². The summed E-state index contributed by atoms with van der Waals surface area (Å²) in [5, 5.41) is 0.648. The Morgan fingerprint density at radius 1 is 1.30 bits per heavy atom. The van der Waals surface area contributed by atoms with Crippen LogP contribution >= 0.6 is 24.0 Å². The van der Waals surface area contributed by atoms with Crippen LogP contribution in [0.5, 0.6) is 11.5 Å². The normalized spacial score (nSPS) is 22.8. The number of fused-ring (bicyclic) bond motifs is 1. The van der Waals surface area contributed by atoms with Gasteiger partial charge in [-0.15, -0.1) is 12.4 Å². The van der Waals surface area contributed by atoms with Gasteiger partial charge in [0.05, 0.1) is 18.2 Å². The van der Waals surface area contributed by atoms with Crippen molar-refractivity contribution in [2.24, 2.45) is 11.7 Å². The molecule has 0 spiro atoms. The topological polar surface area (TPSA) is 47.7 Å². The van der Waals surface area contributed by atoms with Gasteiger partial charge in [-0.3, -0.25) is 4.90 Å². The van der Waals surface area contributed by atoms with Gasteiger partial charge in [-0.25, -0.2) is 0 Å². The lowest BCUT2D eigenvalue weighted by atomic mass is 9.92. The van der Waals surface area contributed by atoms with Crippen LogP contribution in [-0.2, 0) is 6.54 Å². The first-order chi connectivity index (χ1) is 10.6. The maximum absolute atomic E-state index is 6.37. The molecule has 1 fully saturated rings. The Kier molecular flexibility index (Phi) is 6.84. The second-order valence-corrected chi connectivity index (χ2v) is 6.86. The molecule has 2 aliphatic heterocycles. The van der Waals surface area contributed by atoms with E-state index in [4.69, 9.17) is 26.8 Å². The Labute approximate surface area is 149 Å². The second-order valence-electron chi connectivity index (χ2n) is 6.45. The first kappa shape index (κ1) is 18.7. The van der Waals surface area contributed by atoms with Crippen LogP contribution in [0.15, 0.2) is 12.1 Å². The Morgan fingerprint density at radius 2 is 2.09 bits per heavy atom. The fourth-order valence-corrected chi connectivity index (χ4v) is 3.59. The summed E-state index contributed by atoms with van der Waals surface area (Å²) in [6, 6.07) is 4.34. The van der Waals surface area contributed by atoms with E-state index in [0.29, 0.717) is 29.9 Å². The van der Waals surface area contributed by atoms with Gasteiger partial charge in [-0.05, 0) is 49.9 Å². The van der Waals surface area contributed by atoms with E-state index in [2.05, 4.69) is 17.9 Å². The van der Waals surface area contributed by atoms with Crippen molar-refractivity contribution in [2.75, 3.05) is 26.3 Å². The molecule has 0 aliphatic carbocycles. The smallest absolute Gasteiger partial charge is 0.179 e. The molecule has 0 radical (unpaired) electrons. The lowest BCUT2D eigenvalue weighted by Crippen LogP contribution is -2.41. The van der Waals surface area contributed by atoms with Crippen molar-refractivity contribution >= 4 is 24.0 Å². The molecule has 1 aromatic carbocycles. The molecule has 2 aliphatic rings. The molecule has 6 heteroatoms. The van der Waals surface area contributed by atoms with E-state index in [1.807, 2.05) is 6.07 Å². The van der Waals surface area contributed by atoms with Gasteiger partial charge < -0.3 is 15.2 Å². The van der Waals surface area contributed by atoms with Crippen molar-refractivity contribution in [2.45, 2.75) is 38.8 Å². The van der Waals surface area contributed by atoms with Crippen molar-refractivity contribution in [3.63, 3.8) is 0 Å². The number of piperidine rings is 1. The molecule has 2 unspecified atom stereocenters. The summed E-state index contributed by atoms with van der Waals surface area (Å²) in [7, 11) is 0. The molecule has 0 amide bonds. The summed E-state index contributed by atoms with van der Waals surface area (Å²) in [6.07, 6.45) is 3.34. The van der Waals surface area contributed by atoms with Gasteiger partial charge in [0.2, 0.25) is 0 Å². The summed E-state index contributed by atoms with van der Waals surface area (Å²) in [5.74, 6) is 2.06. The van der Waals surface area contributed by atoms with Crippen molar-refractivity contribution < 1.29 is 9.47 Å². The summed E-state index contributed by atoms with van der Waals surface area (Å²) in [5.41, 5.74) is 7.25. The number of benzene rings is 1. The van der Waals surface area contributed by atoms with E-state index in [1.54, 1.807) is 0 Å².